The summed E-state index contributed by atoms with van der Waals surface area (Å²) in [4.78, 5) is 14.1. The second-order valence-electron chi connectivity index (χ2n) is 4.30. The summed E-state index contributed by atoms with van der Waals surface area (Å²) in [6, 6.07) is 9.67. The van der Waals surface area contributed by atoms with Crippen LogP contribution in [0.4, 0.5) is 0 Å². The first-order valence-corrected chi connectivity index (χ1v) is 5.86. The van der Waals surface area contributed by atoms with Crippen LogP contribution >= 0.6 is 0 Å². The third-order valence-corrected chi connectivity index (χ3v) is 2.81. The minimum atomic E-state index is -0.765. The Balaban J connectivity index is 2.60. The molecule has 0 aromatic heterocycles. The average Bonchev–Trinajstić information content (AvgIpc) is 2.36. The summed E-state index contributed by atoms with van der Waals surface area (Å²) < 4.78 is 0. The van der Waals surface area contributed by atoms with E-state index in [4.69, 9.17) is 5.53 Å². The van der Waals surface area contributed by atoms with Crippen LogP contribution in [-0.4, -0.2) is 23.5 Å². The van der Waals surface area contributed by atoms with Crippen LogP contribution in [-0.2, 0) is 11.2 Å². The van der Waals surface area contributed by atoms with E-state index in [-0.39, 0.29) is 18.2 Å². The second-order valence-corrected chi connectivity index (χ2v) is 4.30. The molecular formula is C13H17N3O2. The van der Waals surface area contributed by atoms with Gasteiger partial charge in [-0.1, -0.05) is 35.4 Å². The van der Waals surface area contributed by atoms with Crippen molar-refractivity contribution in [3.8, 4) is 0 Å². The van der Waals surface area contributed by atoms with E-state index in [9.17, 15) is 9.90 Å². The van der Waals surface area contributed by atoms with Crippen molar-refractivity contribution >= 4 is 5.78 Å². The number of aliphatic hydroxyl groups is 1. The van der Waals surface area contributed by atoms with Crippen molar-refractivity contribution in [1.29, 1.82) is 0 Å². The third kappa shape index (κ3) is 4.99. The van der Waals surface area contributed by atoms with Crippen molar-refractivity contribution in [1.82, 2.24) is 0 Å². The predicted octanol–water partition coefficient (Wildman–Crippen LogP) is 2.50. The molecule has 0 amide bonds. The molecule has 1 rings (SSSR count). The van der Waals surface area contributed by atoms with E-state index in [1.807, 2.05) is 30.3 Å². The molecule has 0 unspecified atom stereocenters. The Morgan fingerprint density at radius 2 is 2.11 bits per heavy atom. The van der Waals surface area contributed by atoms with Crippen molar-refractivity contribution in [3.63, 3.8) is 0 Å². The summed E-state index contributed by atoms with van der Waals surface area (Å²) in [7, 11) is 0. The van der Waals surface area contributed by atoms with Crippen LogP contribution in [0, 0.1) is 5.92 Å². The molecule has 1 N–H and O–H groups in total. The Kier molecular flexibility index (Phi) is 5.91. The second kappa shape index (κ2) is 7.48. The van der Waals surface area contributed by atoms with Crippen molar-refractivity contribution in [2.45, 2.75) is 25.9 Å². The molecular weight excluding hydrogens is 230 g/mol. The molecule has 0 heterocycles. The van der Waals surface area contributed by atoms with Crippen LogP contribution < -0.4 is 0 Å². The van der Waals surface area contributed by atoms with Gasteiger partial charge >= 0.3 is 0 Å². The zero-order chi connectivity index (χ0) is 13.4. The molecule has 5 heteroatoms. The van der Waals surface area contributed by atoms with Crippen LogP contribution in [0.2, 0.25) is 0 Å². The summed E-state index contributed by atoms with van der Waals surface area (Å²) in [5.41, 5.74) is 9.24. The van der Waals surface area contributed by atoms with Gasteiger partial charge in [-0.15, -0.1) is 0 Å². The van der Waals surface area contributed by atoms with Crippen molar-refractivity contribution in [2.24, 2.45) is 11.0 Å². The predicted molar refractivity (Wildman–Crippen MR) is 69.0 cm³/mol. The number of aliphatic hydroxyl groups excluding tert-OH is 1. The first-order valence-electron chi connectivity index (χ1n) is 5.86. The number of carbonyl (C=O) groups excluding carboxylic acids is 1. The lowest BCUT2D eigenvalue weighted by Crippen LogP contribution is -2.23. The van der Waals surface area contributed by atoms with Gasteiger partial charge in [0, 0.05) is 10.8 Å². The lowest BCUT2D eigenvalue weighted by Gasteiger charge is -2.16. The fraction of sp³-hybridized carbons (Fsp3) is 0.462. The van der Waals surface area contributed by atoms with Gasteiger partial charge in [-0.2, -0.15) is 0 Å². The quantitative estimate of drug-likeness (QED) is 0.456. The topological polar surface area (TPSA) is 86.1 Å². The van der Waals surface area contributed by atoms with Crippen molar-refractivity contribution in [3.05, 3.63) is 46.3 Å². The van der Waals surface area contributed by atoms with E-state index in [0.29, 0.717) is 12.8 Å². The average molecular weight is 247 g/mol. The van der Waals surface area contributed by atoms with Gasteiger partial charge in [0.15, 0.2) is 0 Å². The number of benzene rings is 1. The van der Waals surface area contributed by atoms with E-state index < -0.39 is 6.10 Å². The van der Waals surface area contributed by atoms with Crippen LogP contribution in [0.1, 0.15) is 18.9 Å². The molecule has 0 bridgehead atoms. The number of hydrogen-bond donors (Lipinski definition) is 1. The van der Waals surface area contributed by atoms with Gasteiger partial charge in [-0.05, 0) is 30.9 Å². The highest BCUT2D eigenvalue weighted by molar-refractivity contribution is 5.78. The van der Waals surface area contributed by atoms with Gasteiger partial charge in [0.25, 0.3) is 0 Å². The summed E-state index contributed by atoms with van der Waals surface area (Å²) >= 11 is 0. The highest BCUT2D eigenvalue weighted by Gasteiger charge is 2.18. The Bertz CT molecular complexity index is 427. The lowest BCUT2D eigenvalue weighted by atomic mass is 9.90. The Labute approximate surface area is 106 Å². The fourth-order valence-electron chi connectivity index (χ4n) is 1.83. The molecule has 0 saturated heterocycles. The molecule has 0 aliphatic heterocycles. The lowest BCUT2D eigenvalue weighted by molar-refractivity contribution is -0.121. The molecule has 96 valence electrons. The number of nitrogens with zero attached hydrogens (tertiary/aromatic N) is 3. The molecule has 5 nitrogen and oxygen atoms in total. The van der Waals surface area contributed by atoms with Crippen molar-refractivity contribution in [2.75, 3.05) is 6.54 Å². The Morgan fingerprint density at radius 1 is 1.44 bits per heavy atom. The number of Topliss-reactive ketones (excluding diaryl/α,β-unsaturated/α-hetero) is 1. The molecule has 0 radical (unpaired) electrons. The molecule has 0 saturated carbocycles. The molecule has 1 aromatic rings. The van der Waals surface area contributed by atoms with Gasteiger partial charge in [0.1, 0.15) is 5.78 Å². The molecule has 2 atom stereocenters. The van der Waals surface area contributed by atoms with Gasteiger partial charge in [0.2, 0.25) is 0 Å². The third-order valence-electron chi connectivity index (χ3n) is 2.81. The monoisotopic (exact) mass is 247 g/mol. The summed E-state index contributed by atoms with van der Waals surface area (Å²) in [5, 5.41) is 13.0. The van der Waals surface area contributed by atoms with E-state index in [2.05, 4.69) is 10.0 Å². The SMILES string of the molecule is CC(=O)[C@H](Cc1ccccc1)C[C@H](O)CN=[N+]=[N-]. The van der Waals surface area contributed by atoms with E-state index >= 15 is 0 Å². The molecule has 0 spiro atoms. The standard InChI is InChI=1S/C13H17N3O2/c1-10(17)12(8-13(18)9-15-16-14)7-11-5-3-2-4-6-11/h2-6,12-13,18H,7-9H2,1H3/t12-,13+/m1/s1. The van der Waals surface area contributed by atoms with Crippen LogP contribution in [0.25, 0.3) is 10.4 Å². The largest absolute Gasteiger partial charge is 0.393 e. The van der Waals surface area contributed by atoms with Gasteiger partial charge in [0.05, 0.1) is 12.6 Å². The number of ketones is 1. The number of hydrogen-bond acceptors (Lipinski definition) is 3. The normalized spacial score (nSPS) is 13.4. The molecule has 1 aromatic carbocycles. The highest BCUT2D eigenvalue weighted by atomic mass is 16.3. The smallest absolute Gasteiger partial charge is 0.133 e. The minimum absolute atomic E-state index is 0.00900. The van der Waals surface area contributed by atoms with E-state index in [1.165, 1.54) is 6.92 Å². The summed E-state index contributed by atoms with van der Waals surface area (Å²) in [6.45, 7) is 1.53. The highest BCUT2D eigenvalue weighted by Crippen LogP contribution is 2.15. The maximum atomic E-state index is 11.5. The van der Waals surface area contributed by atoms with Gasteiger partial charge in [-0.3, -0.25) is 4.79 Å². The first kappa shape index (κ1) is 14.2. The van der Waals surface area contributed by atoms with E-state index in [1.54, 1.807) is 0 Å². The van der Waals surface area contributed by atoms with Gasteiger partial charge in [-0.25, -0.2) is 0 Å². The minimum Gasteiger partial charge on any atom is -0.393 e. The zero-order valence-electron chi connectivity index (χ0n) is 10.4. The zero-order valence-corrected chi connectivity index (χ0v) is 10.4. The van der Waals surface area contributed by atoms with Gasteiger partial charge < -0.3 is 5.11 Å². The molecule has 0 aliphatic carbocycles. The molecule has 0 aliphatic rings. The van der Waals surface area contributed by atoms with Crippen LogP contribution in [0.3, 0.4) is 0 Å². The summed E-state index contributed by atoms with van der Waals surface area (Å²) in [5.74, 6) is -0.199. The fourth-order valence-corrected chi connectivity index (χ4v) is 1.83. The molecule has 18 heavy (non-hydrogen) atoms. The van der Waals surface area contributed by atoms with E-state index in [0.717, 1.165) is 5.56 Å². The molecule has 0 fully saturated rings. The maximum absolute atomic E-state index is 11.5. The number of rotatable bonds is 7. The van der Waals surface area contributed by atoms with Crippen LogP contribution in [0.15, 0.2) is 35.4 Å². The Hall–Kier alpha value is -1.84. The van der Waals surface area contributed by atoms with Crippen molar-refractivity contribution < 1.29 is 9.90 Å². The maximum Gasteiger partial charge on any atom is 0.133 e. The Morgan fingerprint density at radius 3 is 2.67 bits per heavy atom. The number of carbonyl (C=O) groups is 1. The first-order chi connectivity index (χ1) is 8.63. The van der Waals surface area contributed by atoms with Crippen LogP contribution in [0.5, 0.6) is 0 Å². The summed E-state index contributed by atoms with van der Waals surface area (Å²) in [6.07, 6.45) is 0.158. The number of azide groups is 1.